The summed E-state index contributed by atoms with van der Waals surface area (Å²) in [5, 5.41) is 1.00. The summed E-state index contributed by atoms with van der Waals surface area (Å²) in [7, 11) is 0. The number of carbonyl (C=O) groups excluding carboxylic acids is 2. The molecule has 0 atom stereocenters. The van der Waals surface area contributed by atoms with Crippen LogP contribution in [-0.4, -0.2) is 59.4 Å². The van der Waals surface area contributed by atoms with E-state index in [9.17, 15) is 9.59 Å². The first-order valence-corrected chi connectivity index (χ1v) is 9.94. The molecule has 4 rings (SSSR count). The summed E-state index contributed by atoms with van der Waals surface area (Å²) in [5.41, 5.74) is 3.14. The Bertz CT molecular complexity index is 975. The summed E-state index contributed by atoms with van der Waals surface area (Å²) in [6, 6.07) is 18.1. The number of amides is 1. The molecule has 2 aromatic carbocycles. The van der Waals surface area contributed by atoms with E-state index in [4.69, 9.17) is 4.74 Å². The zero-order valence-corrected chi connectivity index (χ0v) is 16.3. The van der Waals surface area contributed by atoms with Crippen LogP contribution >= 0.6 is 0 Å². The summed E-state index contributed by atoms with van der Waals surface area (Å²) < 4.78 is 5.24. The molecule has 150 valence electrons. The van der Waals surface area contributed by atoms with Crippen LogP contribution in [0, 0.1) is 0 Å². The van der Waals surface area contributed by atoms with Gasteiger partial charge in [-0.3, -0.25) is 14.5 Å². The molecule has 0 aliphatic carbocycles. The van der Waals surface area contributed by atoms with Gasteiger partial charge in [0.25, 0.3) is 5.91 Å². The Morgan fingerprint density at radius 3 is 2.45 bits per heavy atom. The number of aromatic amines is 1. The van der Waals surface area contributed by atoms with Gasteiger partial charge < -0.3 is 14.6 Å². The van der Waals surface area contributed by atoms with Gasteiger partial charge in [-0.25, -0.2) is 0 Å². The number of aromatic nitrogens is 1. The number of ether oxygens (including phenoxy) is 1. The Morgan fingerprint density at radius 2 is 1.66 bits per heavy atom. The SMILES string of the molecule is O=C(Cc1c[nH]c2ccccc12)OCC(=O)N1CCN(Cc2ccccc2)CC1. The number of para-hydroxylation sites is 1. The highest BCUT2D eigenvalue weighted by molar-refractivity contribution is 5.88. The van der Waals surface area contributed by atoms with Gasteiger partial charge >= 0.3 is 5.97 Å². The highest BCUT2D eigenvalue weighted by atomic mass is 16.5. The fourth-order valence-electron chi connectivity index (χ4n) is 3.71. The number of carbonyl (C=O) groups is 2. The van der Waals surface area contributed by atoms with Gasteiger partial charge in [0.15, 0.2) is 6.61 Å². The first-order valence-electron chi connectivity index (χ1n) is 9.94. The summed E-state index contributed by atoms with van der Waals surface area (Å²) in [4.78, 5) is 31.8. The largest absolute Gasteiger partial charge is 0.455 e. The molecule has 0 radical (unpaired) electrons. The average Bonchev–Trinajstić information content (AvgIpc) is 3.16. The van der Waals surface area contributed by atoms with E-state index in [1.54, 1.807) is 4.90 Å². The van der Waals surface area contributed by atoms with Gasteiger partial charge in [-0.15, -0.1) is 0 Å². The first kappa shape index (κ1) is 19.2. The van der Waals surface area contributed by atoms with E-state index in [-0.39, 0.29) is 24.9 Å². The Kier molecular flexibility index (Phi) is 5.91. The minimum atomic E-state index is -0.384. The van der Waals surface area contributed by atoms with Crippen LogP contribution in [0.25, 0.3) is 10.9 Å². The van der Waals surface area contributed by atoms with Crippen molar-refractivity contribution in [3.8, 4) is 0 Å². The van der Waals surface area contributed by atoms with E-state index in [1.807, 2.05) is 48.7 Å². The summed E-state index contributed by atoms with van der Waals surface area (Å²) >= 11 is 0. The average molecular weight is 391 g/mol. The van der Waals surface area contributed by atoms with Crippen LogP contribution in [0.15, 0.2) is 60.8 Å². The van der Waals surface area contributed by atoms with Crippen molar-refractivity contribution in [2.75, 3.05) is 32.8 Å². The van der Waals surface area contributed by atoms with Crippen molar-refractivity contribution in [3.63, 3.8) is 0 Å². The molecule has 1 amide bonds. The van der Waals surface area contributed by atoms with Crippen LogP contribution in [0.5, 0.6) is 0 Å². The van der Waals surface area contributed by atoms with Crippen LogP contribution < -0.4 is 0 Å². The van der Waals surface area contributed by atoms with E-state index in [0.717, 1.165) is 36.1 Å². The molecule has 6 nitrogen and oxygen atoms in total. The first-order chi connectivity index (χ1) is 14.2. The fourth-order valence-corrected chi connectivity index (χ4v) is 3.71. The van der Waals surface area contributed by atoms with Gasteiger partial charge in [0.1, 0.15) is 0 Å². The highest BCUT2D eigenvalue weighted by Crippen LogP contribution is 2.18. The topological polar surface area (TPSA) is 65.6 Å². The van der Waals surface area contributed by atoms with E-state index in [2.05, 4.69) is 22.0 Å². The number of hydrogen-bond donors (Lipinski definition) is 1. The lowest BCUT2D eigenvalue weighted by Crippen LogP contribution is -2.49. The predicted octanol–water partition coefficient (Wildman–Crippen LogP) is 2.60. The van der Waals surface area contributed by atoms with E-state index >= 15 is 0 Å². The lowest BCUT2D eigenvalue weighted by molar-refractivity contribution is -0.152. The monoisotopic (exact) mass is 391 g/mol. The summed E-state index contributed by atoms with van der Waals surface area (Å²) in [5.74, 6) is -0.512. The van der Waals surface area contributed by atoms with Crippen molar-refractivity contribution >= 4 is 22.8 Å². The molecule has 1 aliphatic heterocycles. The summed E-state index contributed by atoms with van der Waals surface area (Å²) in [6.45, 7) is 3.66. The number of piperazine rings is 1. The Balaban J connectivity index is 1.21. The van der Waals surface area contributed by atoms with Crippen LogP contribution in [0.3, 0.4) is 0 Å². The number of nitrogens with zero attached hydrogens (tertiary/aromatic N) is 2. The van der Waals surface area contributed by atoms with Crippen molar-refractivity contribution in [1.82, 2.24) is 14.8 Å². The van der Waals surface area contributed by atoms with Crippen LogP contribution in [0.4, 0.5) is 0 Å². The molecule has 1 N–H and O–H groups in total. The van der Waals surface area contributed by atoms with Gasteiger partial charge in [-0.2, -0.15) is 0 Å². The molecule has 0 bridgehead atoms. The Labute approximate surface area is 170 Å². The number of esters is 1. The van der Waals surface area contributed by atoms with Crippen molar-refractivity contribution in [2.45, 2.75) is 13.0 Å². The quantitative estimate of drug-likeness (QED) is 0.656. The Hall–Kier alpha value is -3.12. The number of hydrogen-bond acceptors (Lipinski definition) is 4. The molecular formula is C23H25N3O3. The summed E-state index contributed by atoms with van der Waals surface area (Å²) in [6.07, 6.45) is 1.97. The smallest absolute Gasteiger partial charge is 0.310 e. The minimum Gasteiger partial charge on any atom is -0.455 e. The van der Waals surface area contributed by atoms with E-state index < -0.39 is 0 Å². The van der Waals surface area contributed by atoms with Crippen molar-refractivity contribution in [2.24, 2.45) is 0 Å². The second-order valence-electron chi connectivity index (χ2n) is 7.34. The molecule has 0 spiro atoms. The fraction of sp³-hybridized carbons (Fsp3) is 0.304. The van der Waals surface area contributed by atoms with Crippen molar-refractivity contribution in [1.29, 1.82) is 0 Å². The third-order valence-corrected chi connectivity index (χ3v) is 5.34. The van der Waals surface area contributed by atoms with Gasteiger partial charge in [0.2, 0.25) is 0 Å². The molecule has 29 heavy (non-hydrogen) atoms. The number of benzene rings is 2. The van der Waals surface area contributed by atoms with Gasteiger partial charge in [-0.1, -0.05) is 48.5 Å². The molecule has 0 unspecified atom stereocenters. The predicted molar refractivity (Wildman–Crippen MR) is 111 cm³/mol. The molecule has 1 saturated heterocycles. The number of rotatable bonds is 6. The Morgan fingerprint density at radius 1 is 0.931 bits per heavy atom. The van der Waals surface area contributed by atoms with Crippen LogP contribution in [0.2, 0.25) is 0 Å². The maximum Gasteiger partial charge on any atom is 0.310 e. The molecule has 1 aromatic heterocycles. The van der Waals surface area contributed by atoms with Crippen LogP contribution in [0.1, 0.15) is 11.1 Å². The molecular weight excluding hydrogens is 366 g/mol. The van der Waals surface area contributed by atoms with Gasteiger partial charge in [-0.05, 0) is 17.2 Å². The third-order valence-electron chi connectivity index (χ3n) is 5.34. The zero-order valence-electron chi connectivity index (χ0n) is 16.3. The second-order valence-corrected chi connectivity index (χ2v) is 7.34. The highest BCUT2D eigenvalue weighted by Gasteiger charge is 2.22. The van der Waals surface area contributed by atoms with Crippen molar-refractivity contribution in [3.05, 3.63) is 71.9 Å². The van der Waals surface area contributed by atoms with Gasteiger partial charge in [0, 0.05) is 49.8 Å². The van der Waals surface area contributed by atoms with E-state index in [1.165, 1.54) is 5.56 Å². The maximum absolute atomic E-state index is 12.4. The number of nitrogens with one attached hydrogen (secondary N) is 1. The molecule has 1 aliphatic rings. The standard InChI is InChI=1S/C23H25N3O3/c27-22(26-12-10-25(11-13-26)16-18-6-2-1-3-7-18)17-29-23(28)14-19-15-24-21-9-5-4-8-20(19)21/h1-9,15,24H,10-14,16-17H2. The number of fused-ring (bicyclic) bond motifs is 1. The van der Waals surface area contributed by atoms with E-state index in [0.29, 0.717) is 13.1 Å². The zero-order chi connectivity index (χ0) is 20.1. The molecule has 0 saturated carbocycles. The van der Waals surface area contributed by atoms with Crippen molar-refractivity contribution < 1.29 is 14.3 Å². The molecule has 1 fully saturated rings. The second kappa shape index (κ2) is 8.92. The minimum absolute atomic E-state index is 0.128. The normalized spacial score (nSPS) is 14.8. The van der Waals surface area contributed by atoms with Gasteiger partial charge in [0.05, 0.1) is 6.42 Å². The maximum atomic E-state index is 12.4. The van der Waals surface area contributed by atoms with Crippen LogP contribution in [-0.2, 0) is 27.3 Å². The third kappa shape index (κ3) is 4.84. The lowest BCUT2D eigenvalue weighted by Gasteiger charge is -2.34. The number of H-pyrrole nitrogens is 1. The lowest BCUT2D eigenvalue weighted by atomic mass is 10.1. The molecule has 3 aromatic rings. The molecule has 2 heterocycles. The molecule has 6 heteroatoms.